The molecule has 0 bridgehead atoms. The summed E-state index contributed by atoms with van der Waals surface area (Å²) >= 11 is 5.34. The smallest absolute Gasteiger partial charge is 0.119 e. The van der Waals surface area contributed by atoms with E-state index >= 15 is 0 Å². The first-order valence-electron chi connectivity index (χ1n) is 4.38. The summed E-state index contributed by atoms with van der Waals surface area (Å²) in [5.41, 5.74) is 6.68. The minimum absolute atomic E-state index is 0.728. The molecule has 0 saturated heterocycles. The molecular weight excluding hydrogens is 262 g/mol. The average molecular weight is 276 g/mol. The fraction of sp³-hybridized carbons (Fsp3) is 0.400. The molecule has 0 unspecified atom stereocenters. The predicted octanol–water partition coefficient (Wildman–Crippen LogP) is 2.65. The van der Waals surface area contributed by atoms with Crippen molar-refractivity contribution in [1.82, 2.24) is 0 Å². The lowest BCUT2D eigenvalue weighted by Gasteiger charge is -2.06. The van der Waals surface area contributed by atoms with Crippen LogP contribution >= 0.6 is 27.7 Å². The third-order valence-electron chi connectivity index (χ3n) is 1.77. The molecule has 2 nitrogen and oxygen atoms in total. The fourth-order valence-electron chi connectivity index (χ4n) is 1.05. The maximum Gasteiger partial charge on any atom is 0.119 e. The highest BCUT2D eigenvalue weighted by atomic mass is 79.9. The number of thioether (sulfide) groups is 1. The summed E-state index contributed by atoms with van der Waals surface area (Å²) in [5.74, 6) is 2.86. The molecule has 0 aliphatic heterocycles. The Morgan fingerprint density at radius 1 is 1.50 bits per heavy atom. The second-order valence-electron chi connectivity index (χ2n) is 2.80. The Kier molecular flexibility index (Phi) is 5.37. The highest BCUT2D eigenvalue weighted by molar-refractivity contribution is 9.10. The van der Waals surface area contributed by atoms with Gasteiger partial charge in [-0.05, 0) is 23.8 Å². The van der Waals surface area contributed by atoms with Crippen LogP contribution in [0.4, 0.5) is 0 Å². The molecular formula is C10H14BrNOS. The van der Waals surface area contributed by atoms with Crippen molar-refractivity contribution in [3.63, 3.8) is 0 Å². The van der Waals surface area contributed by atoms with Crippen molar-refractivity contribution in [3.05, 3.63) is 28.2 Å². The van der Waals surface area contributed by atoms with Crippen molar-refractivity contribution in [1.29, 1.82) is 0 Å². The van der Waals surface area contributed by atoms with Gasteiger partial charge in [0.25, 0.3) is 0 Å². The van der Waals surface area contributed by atoms with E-state index in [1.165, 1.54) is 5.56 Å². The molecule has 4 heteroatoms. The van der Waals surface area contributed by atoms with E-state index in [1.54, 1.807) is 7.11 Å². The van der Waals surface area contributed by atoms with Crippen molar-refractivity contribution < 1.29 is 4.74 Å². The second kappa shape index (κ2) is 6.32. The molecule has 0 amide bonds. The van der Waals surface area contributed by atoms with Crippen LogP contribution < -0.4 is 10.5 Å². The molecule has 0 atom stereocenters. The molecule has 0 saturated carbocycles. The molecule has 0 aliphatic rings. The van der Waals surface area contributed by atoms with E-state index in [1.807, 2.05) is 30.0 Å². The number of halogens is 1. The van der Waals surface area contributed by atoms with E-state index in [2.05, 4.69) is 15.9 Å². The molecule has 0 fully saturated rings. The van der Waals surface area contributed by atoms with Crippen LogP contribution in [0.25, 0.3) is 0 Å². The van der Waals surface area contributed by atoms with E-state index in [0.29, 0.717) is 0 Å². The van der Waals surface area contributed by atoms with Gasteiger partial charge < -0.3 is 10.5 Å². The Morgan fingerprint density at radius 3 is 2.93 bits per heavy atom. The van der Waals surface area contributed by atoms with E-state index in [9.17, 15) is 0 Å². The van der Waals surface area contributed by atoms with Crippen molar-refractivity contribution in [3.8, 4) is 5.75 Å². The van der Waals surface area contributed by atoms with Crippen LogP contribution in [0.5, 0.6) is 5.75 Å². The van der Waals surface area contributed by atoms with Crippen molar-refractivity contribution >= 4 is 27.7 Å². The van der Waals surface area contributed by atoms with Gasteiger partial charge in [0.1, 0.15) is 5.75 Å². The van der Waals surface area contributed by atoms with E-state index in [0.717, 1.165) is 28.3 Å². The molecule has 0 aliphatic carbocycles. The van der Waals surface area contributed by atoms with E-state index in [4.69, 9.17) is 10.5 Å². The Bertz CT molecular complexity index is 293. The summed E-state index contributed by atoms with van der Waals surface area (Å²) < 4.78 is 6.29. The summed E-state index contributed by atoms with van der Waals surface area (Å²) in [5, 5.41) is 0. The normalized spacial score (nSPS) is 10.2. The summed E-state index contributed by atoms with van der Waals surface area (Å²) in [6.07, 6.45) is 0. The average Bonchev–Trinajstić information content (AvgIpc) is 2.21. The molecule has 1 aromatic rings. The van der Waals surface area contributed by atoms with E-state index < -0.39 is 0 Å². The number of benzene rings is 1. The maximum atomic E-state index is 5.43. The highest BCUT2D eigenvalue weighted by Gasteiger charge is 2.01. The first-order valence-corrected chi connectivity index (χ1v) is 6.33. The predicted molar refractivity (Wildman–Crippen MR) is 65.9 cm³/mol. The van der Waals surface area contributed by atoms with Gasteiger partial charge in [0.2, 0.25) is 0 Å². The molecule has 14 heavy (non-hydrogen) atoms. The molecule has 0 heterocycles. The quantitative estimate of drug-likeness (QED) is 0.840. The fourth-order valence-corrected chi connectivity index (χ4v) is 2.40. The number of methoxy groups -OCH3 is 1. The molecule has 1 rings (SSSR count). The SMILES string of the molecule is COc1ccc(Br)c(CSCCN)c1. The first kappa shape index (κ1) is 11.9. The van der Waals surface area contributed by atoms with Gasteiger partial charge in [-0.3, -0.25) is 0 Å². The summed E-state index contributed by atoms with van der Waals surface area (Å²) in [6, 6.07) is 6.01. The topological polar surface area (TPSA) is 35.2 Å². The van der Waals surface area contributed by atoms with Gasteiger partial charge in [-0.1, -0.05) is 15.9 Å². The largest absolute Gasteiger partial charge is 0.497 e. The van der Waals surface area contributed by atoms with Crippen LogP contribution in [0, 0.1) is 0 Å². The van der Waals surface area contributed by atoms with Crippen LogP contribution in [0.3, 0.4) is 0 Å². The zero-order valence-electron chi connectivity index (χ0n) is 8.13. The molecule has 78 valence electrons. The van der Waals surface area contributed by atoms with E-state index in [-0.39, 0.29) is 0 Å². The second-order valence-corrected chi connectivity index (χ2v) is 4.76. The maximum absolute atomic E-state index is 5.43. The number of hydrogen-bond donors (Lipinski definition) is 1. The molecule has 0 aromatic heterocycles. The molecule has 0 spiro atoms. The summed E-state index contributed by atoms with van der Waals surface area (Å²) in [6.45, 7) is 0.728. The lowest BCUT2D eigenvalue weighted by molar-refractivity contribution is 0.414. The van der Waals surface area contributed by atoms with Crippen LogP contribution in [-0.4, -0.2) is 19.4 Å². The van der Waals surface area contributed by atoms with Crippen molar-refractivity contribution in [2.75, 3.05) is 19.4 Å². The first-order chi connectivity index (χ1) is 6.77. The van der Waals surface area contributed by atoms with Crippen molar-refractivity contribution in [2.24, 2.45) is 5.73 Å². The molecule has 2 N–H and O–H groups in total. The van der Waals surface area contributed by atoms with Gasteiger partial charge in [0, 0.05) is 22.5 Å². The zero-order valence-corrected chi connectivity index (χ0v) is 10.5. The Morgan fingerprint density at radius 2 is 2.29 bits per heavy atom. The highest BCUT2D eigenvalue weighted by Crippen LogP contribution is 2.25. The van der Waals surface area contributed by atoms with Gasteiger partial charge in [-0.15, -0.1) is 0 Å². The number of hydrogen-bond acceptors (Lipinski definition) is 3. The molecule has 1 aromatic carbocycles. The standard InChI is InChI=1S/C10H14BrNOS/c1-13-9-2-3-10(11)8(6-9)7-14-5-4-12/h2-3,6H,4-5,7,12H2,1H3. The van der Waals surface area contributed by atoms with Gasteiger partial charge in [-0.25, -0.2) is 0 Å². The minimum atomic E-state index is 0.728. The van der Waals surface area contributed by atoms with Gasteiger partial charge in [0.15, 0.2) is 0 Å². The third-order valence-corrected chi connectivity index (χ3v) is 3.59. The zero-order chi connectivity index (χ0) is 10.4. The van der Waals surface area contributed by atoms with Crippen LogP contribution in [0.1, 0.15) is 5.56 Å². The number of ether oxygens (including phenoxy) is 1. The van der Waals surface area contributed by atoms with Gasteiger partial charge >= 0.3 is 0 Å². The monoisotopic (exact) mass is 275 g/mol. The van der Waals surface area contributed by atoms with Gasteiger partial charge in [-0.2, -0.15) is 11.8 Å². The number of rotatable bonds is 5. The van der Waals surface area contributed by atoms with Crippen LogP contribution in [0.2, 0.25) is 0 Å². The Balaban J connectivity index is 2.64. The number of nitrogens with two attached hydrogens (primary N) is 1. The molecule has 0 radical (unpaired) electrons. The summed E-state index contributed by atoms with van der Waals surface area (Å²) in [4.78, 5) is 0. The minimum Gasteiger partial charge on any atom is -0.497 e. The lowest BCUT2D eigenvalue weighted by Crippen LogP contribution is -2.01. The van der Waals surface area contributed by atoms with Gasteiger partial charge in [0.05, 0.1) is 7.11 Å². The third kappa shape index (κ3) is 3.52. The Labute approximate surface area is 97.3 Å². The summed E-state index contributed by atoms with van der Waals surface area (Å²) in [7, 11) is 1.68. The van der Waals surface area contributed by atoms with Crippen LogP contribution in [0.15, 0.2) is 22.7 Å². The lowest BCUT2D eigenvalue weighted by atomic mass is 10.2. The van der Waals surface area contributed by atoms with Crippen molar-refractivity contribution in [2.45, 2.75) is 5.75 Å². The van der Waals surface area contributed by atoms with Crippen LogP contribution in [-0.2, 0) is 5.75 Å². The Hall–Kier alpha value is -0.190.